The van der Waals surface area contributed by atoms with Gasteiger partial charge in [0.1, 0.15) is 11.3 Å². The van der Waals surface area contributed by atoms with E-state index in [-0.39, 0.29) is 36.6 Å². The van der Waals surface area contributed by atoms with Crippen LogP contribution in [0.4, 0.5) is 5.69 Å². The van der Waals surface area contributed by atoms with Crippen molar-refractivity contribution in [3.05, 3.63) is 58.7 Å². The Morgan fingerprint density at radius 3 is 2.52 bits per heavy atom. The van der Waals surface area contributed by atoms with Crippen LogP contribution in [0.5, 0.6) is 5.75 Å². The zero-order valence-corrected chi connectivity index (χ0v) is 18.8. The van der Waals surface area contributed by atoms with E-state index in [0.717, 1.165) is 22.3 Å². The summed E-state index contributed by atoms with van der Waals surface area (Å²) in [5, 5.41) is 16.1. The number of imide groups is 1. The molecule has 3 aliphatic heterocycles. The Bertz CT molecular complexity index is 1160. The van der Waals surface area contributed by atoms with Crippen molar-refractivity contribution in [1.82, 2.24) is 10.2 Å². The summed E-state index contributed by atoms with van der Waals surface area (Å²) in [4.78, 5) is 41.9. The number of nitrogens with zero attached hydrogens (tertiary/aromatic N) is 1. The lowest BCUT2D eigenvalue weighted by Crippen LogP contribution is -2.53. The fraction of sp³-hybridized carbons (Fsp3) is 0.400. The number of amides is 3. The largest absolute Gasteiger partial charge is 0.508 e. The van der Waals surface area contributed by atoms with Crippen molar-refractivity contribution in [2.75, 3.05) is 25.6 Å². The second-order valence-electron chi connectivity index (χ2n) is 9.21. The fourth-order valence-electron chi connectivity index (χ4n) is 5.78. The molecule has 33 heavy (non-hydrogen) atoms. The molecule has 4 atom stereocenters. The molecule has 3 aliphatic rings. The Labute approximate surface area is 191 Å². The van der Waals surface area contributed by atoms with Gasteiger partial charge in [0.05, 0.1) is 25.0 Å². The lowest BCUT2D eigenvalue weighted by Gasteiger charge is -2.30. The number of ether oxygens (including phenoxy) is 1. The van der Waals surface area contributed by atoms with Crippen LogP contribution >= 0.6 is 0 Å². The SMILES string of the molecule is COCCN1C(=O)[C@H]2[C@@H](C1=O)[C@@]1(N[C@@H]2Cc2ccc(O)cc2)C(=O)Nc2c(C)cc(C)cc21. The molecule has 8 heteroatoms. The number of carbonyl (C=O) groups excluding carboxylic acids is 3. The average Bonchev–Trinajstić information content (AvgIpc) is 3.34. The van der Waals surface area contributed by atoms with Crippen LogP contribution in [0.3, 0.4) is 0 Å². The van der Waals surface area contributed by atoms with Gasteiger partial charge in [-0.05, 0) is 43.5 Å². The van der Waals surface area contributed by atoms with Gasteiger partial charge in [0.25, 0.3) is 0 Å². The summed E-state index contributed by atoms with van der Waals surface area (Å²) in [6.45, 7) is 4.28. The summed E-state index contributed by atoms with van der Waals surface area (Å²) in [5.41, 5.74) is 2.92. The highest BCUT2D eigenvalue weighted by molar-refractivity contribution is 6.15. The minimum atomic E-state index is -1.31. The molecule has 0 aromatic heterocycles. The van der Waals surface area contributed by atoms with Gasteiger partial charge in [-0.1, -0.05) is 29.8 Å². The van der Waals surface area contributed by atoms with Crippen molar-refractivity contribution in [3.63, 3.8) is 0 Å². The van der Waals surface area contributed by atoms with Crippen molar-refractivity contribution in [2.45, 2.75) is 31.8 Å². The molecule has 0 bridgehead atoms. The average molecular weight is 450 g/mol. The van der Waals surface area contributed by atoms with E-state index in [0.29, 0.717) is 12.1 Å². The monoisotopic (exact) mass is 449 g/mol. The van der Waals surface area contributed by atoms with E-state index in [1.54, 1.807) is 24.3 Å². The van der Waals surface area contributed by atoms with Gasteiger partial charge in [-0.25, -0.2) is 0 Å². The van der Waals surface area contributed by atoms with Crippen LogP contribution in [-0.2, 0) is 31.1 Å². The van der Waals surface area contributed by atoms with Crippen molar-refractivity contribution < 1.29 is 24.2 Å². The Kier molecular flexibility index (Phi) is 5.02. The molecule has 0 saturated carbocycles. The first-order valence-corrected chi connectivity index (χ1v) is 11.1. The Balaban J connectivity index is 1.63. The number of hydrogen-bond acceptors (Lipinski definition) is 6. The number of methoxy groups -OCH3 is 1. The van der Waals surface area contributed by atoms with E-state index in [9.17, 15) is 19.5 Å². The van der Waals surface area contributed by atoms with Crippen LogP contribution in [-0.4, -0.2) is 54.0 Å². The van der Waals surface area contributed by atoms with Crippen molar-refractivity contribution in [3.8, 4) is 5.75 Å². The third kappa shape index (κ3) is 3.08. The van der Waals surface area contributed by atoms with Gasteiger partial charge in [0.2, 0.25) is 17.7 Å². The molecule has 1 spiro atoms. The second kappa shape index (κ2) is 7.67. The molecule has 0 aliphatic carbocycles. The Morgan fingerprint density at radius 1 is 1.09 bits per heavy atom. The molecule has 0 unspecified atom stereocenters. The highest BCUT2D eigenvalue weighted by atomic mass is 16.5. The van der Waals surface area contributed by atoms with E-state index in [1.165, 1.54) is 12.0 Å². The summed E-state index contributed by atoms with van der Waals surface area (Å²) in [5.74, 6) is -2.29. The molecule has 2 saturated heterocycles. The number of aromatic hydroxyl groups is 1. The maximum absolute atomic E-state index is 13.6. The molecule has 5 rings (SSSR count). The Morgan fingerprint density at radius 2 is 1.82 bits per heavy atom. The van der Waals surface area contributed by atoms with Crippen LogP contribution in [0.1, 0.15) is 22.3 Å². The van der Waals surface area contributed by atoms with Crippen LogP contribution in [0.25, 0.3) is 0 Å². The van der Waals surface area contributed by atoms with Crippen LogP contribution in [0.15, 0.2) is 36.4 Å². The van der Waals surface area contributed by atoms with Crippen molar-refractivity contribution >= 4 is 23.4 Å². The number of phenols is 1. The number of fused-ring (bicyclic) bond motifs is 4. The number of benzene rings is 2. The number of hydrogen-bond donors (Lipinski definition) is 3. The van der Waals surface area contributed by atoms with Gasteiger partial charge in [-0.2, -0.15) is 0 Å². The quantitative estimate of drug-likeness (QED) is 0.599. The highest BCUT2D eigenvalue weighted by Crippen LogP contribution is 2.54. The summed E-state index contributed by atoms with van der Waals surface area (Å²) < 4.78 is 5.12. The van der Waals surface area contributed by atoms with Gasteiger partial charge in [0, 0.05) is 24.4 Å². The topological polar surface area (TPSA) is 108 Å². The first-order chi connectivity index (χ1) is 15.8. The molecular formula is C25H27N3O5. The van der Waals surface area contributed by atoms with Crippen LogP contribution in [0, 0.1) is 25.7 Å². The van der Waals surface area contributed by atoms with E-state index < -0.39 is 23.4 Å². The number of anilines is 1. The summed E-state index contributed by atoms with van der Waals surface area (Å²) >= 11 is 0. The zero-order chi connectivity index (χ0) is 23.5. The van der Waals surface area contributed by atoms with Gasteiger partial charge in [0.15, 0.2) is 0 Å². The normalized spacial score (nSPS) is 27.9. The Hall–Kier alpha value is -3.23. The summed E-state index contributed by atoms with van der Waals surface area (Å²) in [6.07, 6.45) is 0.438. The smallest absolute Gasteiger partial charge is 0.250 e. The lowest BCUT2D eigenvalue weighted by atomic mass is 9.75. The molecule has 8 nitrogen and oxygen atoms in total. The molecule has 3 N–H and O–H groups in total. The molecule has 172 valence electrons. The minimum Gasteiger partial charge on any atom is -0.508 e. The first-order valence-electron chi connectivity index (χ1n) is 11.1. The van der Waals surface area contributed by atoms with E-state index in [1.807, 2.05) is 26.0 Å². The second-order valence-corrected chi connectivity index (χ2v) is 9.21. The predicted octanol–water partition coefficient (Wildman–Crippen LogP) is 1.62. The fourth-order valence-corrected chi connectivity index (χ4v) is 5.78. The van der Waals surface area contributed by atoms with E-state index in [2.05, 4.69) is 10.6 Å². The highest BCUT2D eigenvalue weighted by Gasteiger charge is 2.70. The van der Waals surface area contributed by atoms with Gasteiger partial charge in [-0.3, -0.25) is 24.6 Å². The number of carbonyl (C=O) groups is 3. The number of nitrogens with one attached hydrogen (secondary N) is 2. The maximum atomic E-state index is 13.6. The van der Waals surface area contributed by atoms with Gasteiger partial charge >= 0.3 is 0 Å². The predicted molar refractivity (Wildman–Crippen MR) is 121 cm³/mol. The number of phenolic OH excluding ortho intramolecular Hbond substituents is 1. The molecule has 0 radical (unpaired) electrons. The molecule has 2 aromatic rings. The van der Waals surface area contributed by atoms with Crippen molar-refractivity contribution in [2.24, 2.45) is 11.8 Å². The zero-order valence-electron chi connectivity index (χ0n) is 18.8. The van der Waals surface area contributed by atoms with Crippen LogP contribution in [0.2, 0.25) is 0 Å². The lowest BCUT2D eigenvalue weighted by molar-refractivity contribution is -0.143. The van der Waals surface area contributed by atoms with Gasteiger partial charge < -0.3 is 15.2 Å². The molecule has 2 aromatic carbocycles. The molecule has 3 heterocycles. The maximum Gasteiger partial charge on any atom is 0.250 e. The molecular weight excluding hydrogens is 422 g/mol. The number of likely N-dealkylation sites (tertiary alicyclic amines) is 1. The van der Waals surface area contributed by atoms with E-state index >= 15 is 0 Å². The third-order valence-electron chi connectivity index (χ3n) is 7.17. The standard InChI is InChI=1S/C25H27N3O5/c1-13-10-14(2)21-17(11-13)25(24(32)26-21)20-19(22(30)28(23(20)31)8-9-33-3)18(27-25)12-15-4-6-16(29)7-5-15/h4-7,10-11,18-20,27,29H,8-9,12H2,1-3H3,(H,26,32)/t18-,19-,20+,25-/m1/s1. The van der Waals surface area contributed by atoms with Crippen molar-refractivity contribution in [1.29, 1.82) is 0 Å². The number of aryl methyl sites for hydroxylation is 2. The first kappa shape index (κ1) is 21.6. The number of rotatable bonds is 5. The molecule has 2 fully saturated rings. The third-order valence-corrected chi connectivity index (χ3v) is 7.17. The van der Waals surface area contributed by atoms with Crippen LogP contribution < -0.4 is 10.6 Å². The summed E-state index contributed by atoms with van der Waals surface area (Å²) in [6, 6.07) is 10.3. The summed E-state index contributed by atoms with van der Waals surface area (Å²) in [7, 11) is 1.52. The minimum absolute atomic E-state index is 0.153. The van der Waals surface area contributed by atoms with Gasteiger partial charge in [-0.15, -0.1) is 0 Å². The molecule has 3 amide bonds. The van der Waals surface area contributed by atoms with E-state index in [4.69, 9.17) is 4.74 Å².